The van der Waals surface area contributed by atoms with E-state index in [0.29, 0.717) is 11.1 Å². The zero-order valence-corrected chi connectivity index (χ0v) is 10.0. The molecule has 0 aromatic heterocycles. The third-order valence-corrected chi connectivity index (χ3v) is 2.17. The molecule has 1 aromatic rings. The van der Waals surface area contributed by atoms with Gasteiger partial charge in [-0.2, -0.15) is 0 Å². The summed E-state index contributed by atoms with van der Waals surface area (Å²) in [4.78, 5) is 11.2. The average molecular weight is 266 g/mol. The topological polar surface area (TPSA) is 52.3 Å². The highest BCUT2D eigenvalue weighted by molar-refractivity contribution is 5.89. The minimum absolute atomic E-state index is 0. The number of nitrogens with two attached hydrogens (primary N) is 1. The Morgan fingerprint density at radius 2 is 2.12 bits per heavy atom. The molecule has 0 saturated heterocycles. The number of carbonyl (C=O) groups excluding carboxylic acids is 1. The van der Waals surface area contributed by atoms with Crippen molar-refractivity contribution in [2.45, 2.75) is 18.9 Å². The smallest absolute Gasteiger partial charge is 0.337 e. The number of halogens is 3. The summed E-state index contributed by atoms with van der Waals surface area (Å²) in [6.45, 7) is 0. The van der Waals surface area contributed by atoms with Crippen molar-refractivity contribution in [2.24, 2.45) is 5.73 Å². The molecule has 0 aliphatic rings. The van der Waals surface area contributed by atoms with Gasteiger partial charge in [-0.25, -0.2) is 13.6 Å². The summed E-state index contributed by atoms with van der Waals surface area (Å²) in [5.74, 6) is -0.508. The fraction of sp³-hybridized carbons (Fsp3) is 0.364. The van der Waals surface area contributed by atoms with Crippen molar-refractivity contribution in [1.29, 1.82) is 0 Å². The number of rotatable bonds is 4. The van der Waals surface area contributed by atoms with Crippen molar-refractivity contribution in [3.63, 3.8) is 0 Å². The van der Waals surface area contributed by atoms with E-state index in [1.165, 1.54) is 13.2 Å². The number of hydrogen-bond acceptors (Lipinski definition) is 3. The van der Waals surface area contributed by atoms with Crippen molar-refractivity contribution >= 4 is 18.4 Å². The SMILES string of the molecule is COC(=O)c1cccc([C@H](N)CC(F)F)c1.Cl. The van der Waals surface area contributed by atoms with Crippen LogP contribution in [0.25, 0.3) is 0 Å². The van der Waals surface area contributed by atoms with Crippen LogP contribution in [-0.2, 0) is 4.74 Å². The first-order valence-corrected chi connectivity index (χ1v) is 4.76. The van der Waals surface area contributed by atoms with E-state index in [2.05, 4.69) is 4.74 Å². The quantitative estimate of drug-likeness (QED) is 0.851. The first-order valence-electron chi connectivity index (χ1n) is 4.76. The van der Waals surface area contributed by atoms with Gasteiger partial charge in [-0.05, 0) is 17.7 Å². The number of ether oxygens (including phenoxy) is 1. The van der Waals surface area contributed by atoms with Crippen molar-refractivity contribution in [3.8, 4) is 0 Å². The van der Waals surface area contributed by atoms with Gasteiger partial charge >= 0.3 is 5.97 Å². The summed E-state index contributed by atoms with van der Waals surface area (Å²) < 4.78 is 28.8. The fourth-order valence-electron chi connectivity index (χ4n) is 1.34. The lowest BCUT2D eigenvalue weighted by Crippen LogP contribution is -2.14. The normalized spacial score (nSPS) is 11.8. The van der Waals surface area contributed by atoms with Gasteiger partial charge in [-0.15, -0.1) is 12.4 Å². The molecule has 0 heterocycles. The van der Waals surface area contributed by atoms with Gasteiger partial charge in [-0.3, -0.25) is 0 Å². The van der Waals surface area contributed by atoms with Crippen LogP contribution in [0.1, 0.15) is 28.4 Å². The summed E-state index contributed by atoms with van der Waals surface area (Å²) >= 11 is 0. The second-order valence-corrected chi connectivity index (χ2v) is 3.35. The lowest BCUT2D eigenvalue weighted by Gasteiger charge is -2.12. The lowest BCUT2D eigenvalue weighted by molar-refractivity contribution is 0.0600. The van der Waals surface area contributed by atoms with Crippen LogP contribution in [0.3, 0.4) is 0 Å². The van der Waals surface area contributed by atoms with Gasteiger partial charge in [0.05, 0.1) is 12.7 Å². The minimum atomic E-state index is -2.46. The van der Waals surface area contributed by atoms with Gasteiger partial charge in [0.15, 0.2) is 0 Å². The lowest BCUT2D eigenvalue weighted by atomic mass is 10.0. The van der Waals surface area contributed by atoms with E-state index in [1.807, 2.05) is 0 Å². The summed E-state index contributed by atoms with van der Waals surface area (Å²) in [7, 11) is 1.26. The predicted octanol–water partition coefficient (Wildman–Crippen LogP) is 2.55. The molecule has 96 valence electrons. The van der Waals surface area contributed by atoms with Crippen molar-refractivity contribution in [2.75, 3.05) is 7.11 Å². The van der Waals surface area contributed by atoms with Crippen LogP contribution in [0, 0.1) is 0 Å². The molecule has 0 amide bonds. The molecule has 1 atom stereocenters. The second-order valence-electron chi connectivity index (χ2n) is 3.35. The highest BCUT2D eigenvalue weighted by Crippen LogP contribution is 2.19. The van der Waals surface area contributed by atoms with Crippen LogP contribution in [0.4, 0.5) is 8.78 Å². The van der Waals surface area contributed by atoms with Gasteiger partial charge in [0.1, 0.15) is 0 Å². The molecule has 6 heteroatoms. The van der Waals surface area contributed by atoms with E-state index in [9.17, 15) is 13.6 Å². The molecule has 1 aromatic carbocycles. The zero-order valence-electron chi connectivity index (χ0n) is 9.23. The second kappa shape index (κ2) is 7.19. The molecule has 0 saturated carbocycles. The number of esters is 1. The Balaban J connectivity index is 0.00000256. The first kappa shape index (κ1) is 15.8. The zero-order chi connectivity index (χ0) is 12.1. The van der Waals surface area contributed by atoms with Crippen LogP contribution < -0.4 is 5.73 Å². The molecule has 3 nitrogen and oxygen atoms in total. The largest absolute Gasteiger partial charge is 0.465 e. The maximum Gasteiger partial charge on any atom is 0.337 e. The van der Waals surface area contributed by atoms with E-state index >= 15 is 0 Å². The van der Waals surface area contributed by atoms with Crippen molar-refractivity contribution in [3.05, 3.63) is 35.4 Å². The monoisotopic (exact) mass is 265 g/mol. The third kappa shape index (κ3) is 4.66. The van der Waals surface area contributed by atoms with E-state index in [-0.39, 0.29) is 12.4 Å². The Morgan fingerprint density at radius 1 is 1.47 bits per heavy atom. The summed E-state index contributed by atoms with van der Waals surface area (Å²) in [6, 6.07) is 5.44. The molecule has 0 aliphatic carbocycles. The standard InChI is InChI=1S/C11H13F2NO2.ClH/c1-16-11(15)8-4-2-3-7(5-8)9(14)6-10(12)13;/h2-5,9-10H,6,14H2,1H3;1H/t9-;/m1./s1. The van der Waals surface area contributed by atoms with Crippen molar-refractivity contribution in [1.82, 2.24) is 0 Å². The van der Waals surface area contributed by atoms with Crippen LogP contribution in [-0.4, -0.2) is 19.5 Å². The molecular weight excluding hydrogens is 252 g/mol. The maximum atomic E-state index is 12.1. The van der Waals surface area contributed by atoms with Gasteiger partial charge in [-0.1, -0.05) is 12.1 Å². The van der Waals surface area contributed by atoms with Crippen LogP contribution in [0.15, 0.2) is 24.3 Å². The predicted molar refractivity (Wildman–Crippen MR) is 62.6 cm³/mol. The highest BCUT2D eigenvalue weighted by Gasteiger charge is 2.14. The maximum absolute atomic E-state index is 12.1. The van der Waals surface area contributed by atoms with E-state index in [1.54, 1.807) is 18.2 Å². The van der Waals surface area contributed by atoms with Crippen LogP contribution >= 0.6 is 12.4 Å². The molecule has 1 rings (SSSR count). The van der Waals surface area contributed by atoms with Gasteiger partial charge in [0.25, 0.3) is 0 Å². The van der Waals surface area contributed by atoms with Gasteiger partial charge < -0.3 is 10.5 Å². The molecule has 17 heavy (non-hydrogen) atoms. The molecule has 0 unspecified atom stereocenters. The van der Waals surface area contributed by atoms with Crippen molar-refractivity contribution < 1.29 is 18.3 Å². The molecule has 0 spiro atoms. The summed E-state index contributed by atoms with van der Waals surface area (Å²) in [6.07, 6.45) is -2.89. The summed E-state index contributed by atoms with van der Waals surface area (Å²) in [5.41, 5.74) is 6.39. The Hall–Kier alpha value is -1.20. The Morgan fingerprint density at radius 3 is 2.65 bits per heavy atom. The molecule has 0 radical (unpaired) electrons. The fourth-order valence-corrected chi connectivity index (χ4v) is 1.34. The number of hydrogen-bond donors (Lipinski definition) is 1. The Labute approximate surface area is 104 Å². The molecule has 0 aliphatic heterocycles. The van der Waals surface area contributed by atoms with E-state index in [0.717, 1.165) is 0 Å². The number of benzene rings is 1. The molecule has 0 fully saturated rings. The van der Waals surface area contributed by atoms with E-state index in [4.69, 9.17) is 5.73 Å². The number of methoxy groups -OCH3 is 1. The molecular formula is C11H14ClF2NO2. The third-order valence-electron chi connectivity index (χ3n) is 2.17. The van der Waals surface area contributed by atoms with E-state index < -0.39 is 24.9 Å². The average Bonchev–Trinajstić information content (AvgIpc) is 2.27. The molecule has 2 N–H and O–H groups in total. The van der Waals surface area contributed by atoms with Gasteiger partial charge in [0, 0.05) is 12.5 Å². The molecule has 0 bridgehead atoms. The number of carbonyl (C=O) groups is 1. The van der Waals surface area contributed by atoms with Crippen LogP contribution in [0.2, 0.25) is 0 Å². The van der Waals surface area contributed by atoms with Gasteiger partial charge in [0.2, 0.25) is 6.43 Å². The minimum Gasteiger partial charge on any atom is -0.465 e. The number of alkyl halides is 2. The first-order chi connectivity index (χ1) is 7.54. The Bertz CT molecular complexity index is 374. The highest BCUT2D eigenvalue weighted by atomic mass is 35.5. The Kier molecular flexibility index (Phi) is 6.68. The van der Waals surface area contributed by atoms with Crippen LogP contribution in [0.5, 0.6) is 0 Å². The summed E-state index contributed by atoms with van der Waals surface area (Å²) in [5, 5.41) is 0.